The fraction of sp³-hybridized carbons (Fsp3) is 0.429. The molecular weight excluding hydrogens is 412 g/mol. The normalized spacial score (nSPS) is 14.6. The number of carbonyl (C=O) groups excluding carboxylic acids is 2. The summed E-state index contributed by atoms with van der Waals surface area (Å²) in [7, 11) is 0. The van der Waals surface area contributed by atoms with E-state index >= 15 is 0 Å². The topological polar surface area (TPSA) is 51.5 Å². The number of benzene rings is 2. The second-order valence-corrected chi connectivity index (χ2v) is 10.2. The fourth-order valence-corrected chi connectivity index (χ4v) is 5.06. The van der Waals surface area contributed by atoms with Crippen molar-refractivity contribution in [3.8, 4) is 11.1 Å². The second-order valence-electron chi connectivity index (χ2n) is 10.2. The molecule has 3 aromatic rings. The Hall–Kier alpha value is -2.92. The smallest absolute Gasteiger partial charge is 0.223 e. The first-order chi connectivity index (χ1) is 15.4. The summed E-state index contributed by atoms with van der Waals surface area (Å²) in [5, 5.41) is 1.06. The lowest BCUT2D eigenvalue weighted by atomic mass is 9.86. The van der Waals surface area contributed by atoms with Crippen LogP contribution in [0.1, 0.15) is 63.1 Å². The molecule has 0 unspecified atom stereocenters. The van der Waals surface area contributed by atoms with Crippen molar-refractivity contribution >= 4 is 28.3 Å². The largest absolute Gasteiger partial charge is 0.360 e. The molecule has 0 N–H and O–H groups in total. The van der Waals surface area contributed by atoms with E-state index in [0.717, 1.165) is 51.1 Å². The number of hydrogen-bond acceptors (Lipinski definition) is 3. The van der Waals surface area contributed by atoms with Gasteiger partial charge in [-0.3, -0.25) is 9.59 Å². The molecule has 1 atom stereocenters. The van der Waals surface area contributed by atoms with Gasteiger partial charge in [-0.25, -0.2) is 0 Å². The summed E-state index contributed by atoms with van der Waals surface area (Å²) in [4.78, 5) is 27.6. The molecule has 0 spiro atoms. The van der Waals surface area contributed by atoms with Crippen LogP contribution in [0.15, 0.2) is 30.3 Å². The molecule has 2 aromatic carbocycles. The van der Waals surface area contributed by atoms with Crippen LogP contribution >= 0.6 is 0 Å². The van der Waals surface area contributed by atoms with Gasteiger partial charge in [0.15, 0.2) is 5.78 Å². The van der Waals surface area contributed by atoms with E-state index in [0.29, 0.717) is 6.54 Å². The molecule has 4 rings (SSSR count). The van der Waals surface area contributed by atoms with Crippen LogP contribution in [0.25, 0.3) is 22.0 Å². The summed E-state index contributed by atoms with van der Waals surface area (Å²) in [6.07, 6.45) is -0.735. The number of rotatable bonds is 4. The molecule has 0 saturated carbocycles. The van der Waals surface area contributed by atoms with Gasteiger partial charge in [0.2, 0.25) is 5.91 Å². The lowest BCUT2D eigenvalue weighted by molar-refractivity contribution is -0.138. The maximum Gasteiger partial charge on any atom is 0.223 e. The summed E-state index contributed by atoms with van der Waals surface area (Å²) in [5.74, 6) is -0.0380. The van der Waals surface area contributed by atoms with Crippen LogP contribution in [-0.2, 0) is 20.9 Å². The molecule has 33 heavy (non-hydrogen) atoms. The number of ketones is 1. The molecule has 1 aliphatic rings. The van der Waals surface area contributed by atoms with Crippen molar-refractivity contribution in [1.82, 2.24) is 4.57 Å². The summed E-state index contributed by atoms with van der Waals surface area (Å²) in [6, 6.07) is 10.6. The standard InChI is InChI=1S/C28H34N2O3/c1-16-9-11-21(12-10-16)24-22-15-17(2)29-13-14-30(20(5)32)25(26(22)29)18(3)23(24)27(19(4)31)33-28(6,7)8/h9-12,15,27H,13-14H2,1-8H3/t27-/m1/s1. The van der Waals surface area contributed by atoms with Gasteiger partial charge in [0.1, 0.15) is 6.10 Å². The maximum absolute atomic E-state index is 13.0. The first kappa shape index (κ1) is 23.2. The van der Waals surface area contributed by atoms with Crippen molar-refractivity contribution in [2.75, 3.05) is 11.4 Å². The van der Waals surface area contributed by atoms with E-state index in [2.05, 4.69) is 48.7 Å². The SMILES string of the molecule is CC(=O)[C@@H](OC(C)(C)C)c1c(C)c2c3c(cc(C)n3CCN2C(C)=O)c1-c1ccc(C)cc1. The molecule has 5 nitrogen and oxygen atoms in total. The highest BCUT2D eigenvalue weighted by Gasteiger charge is 2.35. The van der Waals surface area contributed by atoms with Crippen LogP contribution in [-0.4, -0.2) is 28.4 Å². The van der Waals surface area contributed by atoms with Crippen LogP contribution in [0.2, 0.25) is 0 Å². The third-order valence-corrected chi connectivity index (χ3v) is 6.47. The Balaban J connectivity index is 2.18. The third kappa shape index (κ3) is 3.99. The van der Waals surface area contributed by atoms with E-state index in [9.17, 15) is 9.59 Å². The van der Waals surface area contributed by atoms with Gasteiger partial charge < -0.3 is 14.2 Å². The number of Topliss-reactive ketones (excluding diaryl/α,β-unsaturated/α-hetero) is 1. The average Bonchev–Trinajstić information content (AvgIpc) is 3.05. The number of amides is 1. The van der Waals surface area contributed by atoms with Gasteiger partial charge >= 0.3 is 0 Å². The number of nitrogens with zero attached hydrogens (tertiary/aromatic N) is 2. The van der Waals surface area contributed by atoms with Crippen molar-refractivity contribution in [1.29, 1.82) is 0 Å². The van der Waals surface area contributed by atoms with Crippen LogP contribution in [0.4, 0.5) is 5.69 Å². The molecule has 0 fully saturated rings. The van der Waals surface area contributed by atoms with Crippen LogP contribution in [0.3, 0.4) is 0 Å². The van der Waals surface area contributed by atoms with E-state index in [1.165, 1.54) is 5.56 Å². The highest BCUT2D eigenvalue weighted by atomic mass is 16.5. The predicted octanol–water partition coefficient (Wildman–Crippen LogP) is 6.05. The molecule has 1 aromatic heterocycles. The third-order valence-electron chi connectivity index (χ3n) is 6.47. The van der Waals surface area contributed by atoms with Gasteiger partial charge in [0.25, 0.3) is 0 Å². The van der Waals surface area contributed by atoms with Crippen LogP contribution < -0.4 is 4.90 Å². The monoisotopic (exact) mass is 446 g/mol. The Morgan fingerprint density at radius 3 is 2.18 bits per heavy atom. The van der Waals surface area contributed by atoms with Crippen LogP contribution in [0, 0.1) is 20.8 Å². The van der Waals surface area contributed by atoms with Gasteiger partial charge in [0, 0.05) is 36.7 Å². The lowest BCUT2D eigenvalue weighted by Crippen LogP contribution is -2.37. The predicted molar refractivity (Wildman–Crippen MR) is 134 cm³/mol. The Kier molecular flexibility index (Phi) is 5.73. The minimum Gasteiger partial charge on any atom is -0.360 e. The highest BCUT2D eigenvalue weighted by molar-refractivity contribution is 6.11. The molecular formula is C28H34N2O3. The molecule has 0 saturated heterocycles. The lowest BCUT2D eigenvalue weighted by Gasteiger charge is -2.35. The minimum absolute atomic E-state index is 0.00894. The van der Waals surface area contributed by atoms with E-state index < -0.39 is 11.7 Å². The Morgan fingerprint density at radius 2 is 1.64 bits per heavy atom. The van der Waals surface area contributed by atoms with E-state index in [1.807, 2.05) is 32.6 Å². The molecule has 174 valence electrons. The van der Waals surface area contributed by atoms with E-state index in [-0.39, 0.29) is 11.7 Å². The zero-order valence-corrected chi connectivity index (χ0v) is 21.0. The maximum atomic E-state index is 13.0. The quantitative estimate of drug-likeness (QED) is 0.490. The summed E-state index contributed by atoms with van der Waals surface area (Å²) in [5.41, 5.74) is 7.61. The number of hydrogen-bond donors (Lipinski definition) is 0. The van der Waals surface area contributed by atoms with Crippen molar-refractivity contribution in [2.24, 2.45) is 0 Å². The van der Waals surface area contributed by atoms with E-state index in [1.54, 1.807) is 13.8 Å². The fourth-order valence-electron chi connectivity index (χ4n) is 5.06. The average molecular weight is 447 g/mol. The van der Waals surface area contributed by atoms with Crippen molar-refractivity contribution < 1.29 is 14.3 Å². The number of carbonyl (C=O) groups is 2. The number of aryl methyl sites for hydroxylation is 2. The molecule has 0 radical (unpaired) electrons. The van der Waals surface area contributed by atoms with Crippen molar-refractivity contribution in [3.05, 3.63) is 52.7 Å². The molecule has 0 bridgehead atoms. The molecule has 2 heterocycles. The Morgan fingerprint density at radius 1 is 1.00 bits per heavy atom. The molecule has 1 aliphatic heterocycles. The first-order valence-electron chi connectivity index (χ1n) is 11.6. The highest BCUT2D eigenvalue weighted by Crippen LogP contribution is 2.48. The Bertz CT molecular complexity index is 1260. The minimum atomic E-state index is -0.735. The first-order valence-corrected chi connectivity index (χ1v) is 11.6. The van der Waals surface area contributed by atoms with Gasteiger partial charge in [0.05, 0.1) is 16.8 Å². The number of anilines is 1. The van der Waals surface area contributed by atoms with Gasteiger partial charge in [-0.15, -0.1) is 0 Å². The summed E-state index contributed by atoms with van der Waals surface area (Å²) >= 11 is 0. The second kappa shape index (κ2) is 8.14. The zero-order chi connectivity index (χ0) is 24.2. The summed E-state index contributed by atoms with van der Waals surface area (Å²) in [6.45, 7) is 16.7. The molecule has 0 aliphatic carbocycles. The molecule has 1 amide bonds. The molecule has 5 heteroatoms. The van der Waals surface area contributed by atoms with Gasteiger partial charge in [-0.1, -0.05) is 29.8 Å². The Labute approximate surface area is 196 Å². The van der Waals surface area contributed by atoms with Crippen molar-refractivity contribution in [3.63, 3.8) is 0 Å². The number of ether oxygens (including phenoxy) is 1. The zero-order valence-electron chi connectivity index (χ0n) is 21.0. The van der Waals surface area contributed by atoms with Crippen LogP contribution in [0.5, 0.6) is 0 Å². The van der Waals surface area contributed by atoms with E-state index in [4.69, 9.17) is 4.74 Å². The van der Waals surface area contributed by atoms with Crippen molar-refractivity contribution in [2.45, 2.75) is 73.6 Å². The van der Waals surface area contributed by atoms with Gasteiger partial charge in [-0.2, -0.15) is 0 Å². The van der Waals surface area contributed by atoms with Gasteiger partial charge in [-0.05, 0) is 71.2 Å². The number of aromatic nitrogens is 1. The summed E-state index contributed by atoms with van der Waals surface area (Å²) < 4.78 is 8.69.